The smallest absolute Gasteiger partial charge is 0.135 e. The number of benzene rings is 2. The predicted octanol–water partition coefficient (Wildman–Crippen LogP) is 3.43. The first-order valence-corrected chi connectivity index (χ1v) is 4.94. The quantitative estimate of drug-likeness (QED) is 0.711. The van der Waals surface area contributed by atoms with Crippen molar-refractivity contribution in [2.75, 3.05) is 6.61 Å². The van der Waals surface area contributed by atoms with Crippen LogP contribution in [0.2, 0.25) is 0 Å². The monoisotopic (exact) mass is 185 g/mol. The normalized spacial score (nSPS) is 10.4. The van der Waals surface area contributed by atoms with E-state index in [0.717, 1.165) is 24.2 Å². The van der Waals surface area contributed by atoms with Crippen LogP contribution < -0.4 is 4.74 Å². The summed E-state index contributed by atoms with van der Waals surface area (Å²) in [6.45, 7) is 2.86. The number of ether oxygens (including phenoxy) is 1. The van der Waals surface area contributed by atoms with Crippen molar-refractivity contribution >= 4 is 10.8 Å². The second-order valence-electron chi connectivity index (χ2n) is 3.24. The van der Waals surface area contributed by atoms with Gasteiger partial charge in [-0.15, -0.1) is 0 Å². The zero-order valence-corrected chi connectivity index (χ0v) is 8.29. The maximum Gasteiger partial charge on any atom is 0.135 e. The highest BCUT2D eigenvalue weighted by Gasteiger charge is 1.99. The number of hydrogen-bond donors (Lipinski definition) is 0. The fraction of sp³-hybridized carbons (Fsp3) is 0.231. The third-order valence-electron chi connectivity index (χ3n) is 2.13. The molecule has 0 aliphatic carbocycles. The zero-order valence-electron chi connectivity index (χ0n) is 8.29. The largest absolute Gasteiger partial charge is 0.492 e. The average molecular weight is 185 g/mol. The first kappa shape index (κ1) is 9.07. The Balaban J connectivity index is 2.43. The van der Waals surface area contributed by atoms with Crippen LogP contribution in [-0.4, -0.2) is 6.61 Å². The van der Waals surface area contributed by atoms with Gasteiger partial charge in [-0.25, -0.2) is 0 Å². The molecule has 0 fully saturated rings. The molecular formula is C13H13O. The van der Waals surface area contributed by atoms with Gasteiger partial charge < -0.3 is 4.74 Å². The third-order valence-corrected chi connectivity index (χ3v) is 2.13. The summed E-state index contributed by atoms with van der Waals surface area (Å²) in [6.07, 6.45) is 1.02. The van der Waals surface area contributed by atoms with E-state index in [-0.39, 0.29) is 0 Å². The molecule has 0 saturated carbocycles. The maximum atomic E-state index is 5.61. The van der Waals surface area contributed by atoms with E-state index in [9.17, 15) is 0 Å². The summed E-state index contributed by atoms with van der Waals surface area (Å²) in [6, 6.07) is 15.3. The number of fused-ring (bicyclic) bond motifs is 1. The first-order chi connectivity index (χ1) is 6.92. The molecule has 2 aromatic rings. The van der Waals surface area contributed by atoms with Crippen LogP contribution in [0.1, 0.15) is 13.3 Å². The van der Waals surface area contributed by atoms with Gasteiger partial charge in [-0.1, -0.05) is 37.3 Å². The Morgan fingerprint density at radius 2 is 2.07 bits per heavy atom. The molecule has 0 aliphatic heterocycles. The summed E-state index contributed by atoms with van der Waals surface area (Å²) in [5.74, 6) is 0.866. The molecule has 0 amide bonds. The molecule has 2 rings (SSSR count). The van der Waals surface area contributed by atoms with E-state index in [4.69, 9.17) is 4.74 Å². The highest BCUT2D eigenvalue weighted by atomic mass is 16.5. The molecule has 0 N–H and O–H groups in total. The van der Waals surface area contributed by atoms with Gasteiger partial charge in [0, 0.05) is 11.5 Å². The zero-order chi connectivity index (χ0) is 9.80. The summed E-state index contributed by atoms with van der Waals surface area (Å²) in [5, 5.41) is 2.35. The standard InChI is InChI=1S/C13H13O/c1-2-10-14-13-9-5-7-11-6-3-4-8-12(11)13/h3-8H,2,10H2,1H3. The molecule has 2 aromatic carbocycles. The van der Waals surface area contributed by atoms with Crippen molar-refractivity contribution in [1.29, 1.82) is 0 Å². The van der Waals surface area contributed by atoms with E-state index in [1.807, 2.05) is 24.3 Å². The van der Waals surface area contributed by atoms with E-state index in [2.05, 4.69) is 25.1 Å². The Morgan fingerprint density at radius 1 is 1.21 bits per heavy atom. The molecule has 1 heteroatoms. The Hall–Kier alpha value is -1.50. The molecule has 0 unspecified atom stereocenters. The van der Waals surface area contributed by atoms with E-state index < -0.39 is 0 Å². The molecule has 0 heterocycles. The van der Waals surface area contributed by atoms with Gasteiger partial charge in [0.05, 0.1) is 6.61 Å². The summed E-state index contributed by atoms with van der Waals surface area (Å²) < 4.78 is 5.61. The second-order valence-corrected chi connectivity index (χ2v) is 3.24. The molecule has 0 aromatic heterocycles. The van der Waals surface area contributed by atoms with E-state index in [0.29, 0.717) is 0 Å². The van der Waals surface area contributed by atoms with Gasteiger partial charge in [-0.3, -0.25) is 0 Å². The Kier molecular flexibility index (Phi) is 2.68. The Bertz CT molecular complexity index is 415. The minimum Gasteiger partial charge on any atom is -0.492 e. The van der Waals surface area contributed by atoms with Gasteiger partial charge in [-0.2, -0.15) is 0 Å². The van der Waals surface area contributed by atoms with Gasteiger partial charge in [-0.05, 0) is 17.9 Å². The lowest BCUT2D eigenvalue weighted by atomic mass is 10.1. The Labute approximate surface area is 84.3 Å². The van der Waals surface area contributed by atoms with Crippen LogP contribution >= 0.6 is 0 Å². The molecule has 1 radical (unpaired) electrons. The molecule has 14 heavy (non-hydrogen) atoms. The molecule has 0 atom stereocenters. The molecule has 0 bridgehead atoms. The summed E-state index contributed by atoms with van der Waals surface area (Å²) >= 11 is 0. The minimum atomic E-state index is 0.754. The van der Waals surface area contributed by atoms with Crippen LogP contribution in [0.15, 0.2) is 36.4 Å². The molecule has 0 aliphatic rings. The SMILES string of the molecule is CCCOc1[c]ccc2ccccc12. The van der Waals surface area contributed by atoms with Crippen LogP contribution in [0.5, 0.6) is 5.75 Å². The van der Waals surface area contributed by atoms with Crippen molar-refractivity contribution in [1.82, 2.24) is 0 Å². The highest BCUT2D eigenvalue weighted by molar-refractivity contribution is 5.87. The summed E-state index contributed by atoms with van der Waals surface area (Å²) in [7, 11) is 0. The summed E-state index contributed by atoms with van der Waals surface area (Å²) in [4.78, 5) is 0. The first-order valence-electron chi connectivity index (χ1n) is 4.94. The maximum absolute atomic E-state index is 5.61. The number of rotatable bonds is 3. The lowest BCUT2D eigenvalue weighted by molar-refractivity contribution is 0.320. The number of hydrogen-bond acceptors (Lipinski definition) is 1. The van der Waals surface area contributed by atoms with Crippen LogP contribution in [-0.2, 0) is 0 Å². The lowest BCUT2D eigenvalue weighted by Crippen LogP contribution is -1.95. The average Bonchev–Trinajstić information content (AvgIpc) is 2.26. The molecule has 71 valence electrons. The lowest BCUT2D eigenvalue weighted by Gasteiger charge is -2.07. The topological polar surface area (TPSA) is 9.23 Å². The summed E-state index contributed by atoms with van der Waals surface area (Å²) in [5.41, 5.74) is 0. The molecular weight excluding hydrogens is 172 g/mol. The van der Waals surface area contributed by atoms with Gasteiger partial charge in [0.1, 0.15) is 5.75 Å². The van der Waals surface area contributed by atoms with Gasteiger partial charge in [0.25, 0.3) is 0 Å². The highest BCUT2D eigenvalue weighted by Crippen LogP contribution is 2.24. The fourth-order valence-electron chi connectivity index (χ4n) is 1.46. The van der Waals surface area contributed by atoms with Crippen molar-refractivity contribution < 1.29 is 4.74 Å². The molecule has 1 nitrogen and oxygen atoms in total. The van der Waals surface area contributed by atoms with Crippen molar-refractivity contribution in [3.05, 3.63) is 42.5 Å². The van der Waals surface area contributed by atoms with Crippen molar-refractivity contribution in [3.8, 4) is 5.75 Å². The van der Waals surface area contributed by atoms with Crippen LogP contribution in [0.25, 0.3) is 10.8 Å². The predicted molar refractivity (Wildman–Crippen MR) is 58.6 cm³/mol. The second kappa shape index (κ2) is 4.14. The van der Waals surface area contributed by atoms with E-state index in [1.165, 1.54) is 5.39 Å². The van der Waals surface area contributed by atoms with Crippen LogP contribution in [0.4, 0.5) is 0 Å². The van der Waals surface area contributed by atoms with Crippen molar-refractivity contribution in [2.24, 2.45) is 0 Å². The minimum absolute atomic E-state index is 0.754. The van der Waals surface area contributed by atoms with E-state index >= 15 is 0 Å². The Morgan fingerprint density at radius 3 is 2.93 bits per heavy atom. The van der Waals surface area contributed by atoms with Crippen molar-refractivity contribution in [3.63, 3.8) is 0 Å². The van der Waals surface area contributed by atoms with E-state index in [1.54, 1.807) is 0 Å². The van der Waals surface area contributed by atoms with Crippen molar-refractivity contribution in [2.45, 2.75) is 13.3 Å². The van der Waals surface area contributed by atoms with Crippen LogP contribution in [0.3, 0.4) is 0 Å². The van der Waals surface area contributed by atoms with Gasteiger partial charge in [0.15, 0.2) is 0 Å². The van der Waals surface area contributed by atoms with Gasteiger partial charge in [0.2, 0.25) is 0 Å². The van der Waals surface area contributed by atoms with Crippen LogP contribution in [0, 0.1) is 6.07 Å². The molecule has 0 spiro atoms. The van der Waals surface area contributed by atoms with Gasteiger partial charge >= 0.3 is 0 Å². The molecule has 0 saturated heterocycles. The third kappa shape index (κ3) is 1.72. The fourth-order valence-corrected chi connectivity index (χ4v) is 1.46.